The van der Waals surface area contributed by atoms with Gasteiger partial charge in [0, 0.05) is 20.1 Å². The highest BCUT2D eigenvalue weighted by Gasteiger charge is 2.19. The van der Waals surface area contributed by atoms with E-state index >= 15 is 0 Å². The highest BCUT2D eigenvalue weighted by molar-refractivity contribution is 5.32. The van der Waals surface area contributed by atoms with E-state index in [2.05, 4.69) is 32.2 Å². The van der Waals surface area contributed by atoms with Crippen LogP contribution in [0.15, 0.2) is 0 Å². The summed E-state index contributed by atoms with van der Waals surface area (Å²) in [4.78, 5) is 16.9. The van der Waals surface area contributed by atoms with E-state index < -0.39 is 0 Å². The second-order valence-electron chi connectivity index (χ2n) is 5.20. The summed E-state index contributed by atoms with van der Waals surface area (Å²) in [7, 11) is 5.91. The zero-order valence-corrected chi connectivity index (χ0v) is 11.9. The Morgan fingerprint density at radius 1 is 1.16 bits per heavy atom. The van der Waals surface area contributed by atoms with Crippen LogP contribution in [0, 0.1) is 0 Å². The molecule has 0 unspecified atom stereocenters. The van der Waals surface area contributed by atoms with E-state index in [0.717, 1.165) is 31.8 Å². The average Bonchev–Trinajstić information content (AvgIpc) is 2.39. The van der Waals surface area contributed by atoms with Crippen LogP contribution < -0.4 is 16.0 Å². The number of rotatable bonds is 4. The molecule has 0 saturated carbocycles. The molecule has 0 amide bonds. The summed E-state index contributed by atoms with van der Waals surface area (Å²) in [5.41, 5.74) is 5.73. The van der Waals surface area contributed by atoms with Gasteiger partial charge in [-0.2, -0.15) is 15.0 Å². The van der Waals surface area contributed by atoms with Crippen LogP contribution in [0.25, 0.3) is 0 Å². The molecule has 0 aliphatic carbocycles. The molecule has 2 rings (SSSR count). The summed E-state index contributed by atoms with van der Waals surface area (Å²) in [5.74, 6) is 1.63. The number of nitrogen functional groups attached to an aromatic ring is 1. The lowest BCUT2D eigenvalue weighted by molar-refractivity contribution is 0.188. The van der Waals surface area contributed by atoms with Gasteiger partial charge in [-0.25, -0.2) is 0 Å². The van der Waals surface area contributed by atoms with Gasteiger partial charge in [0.05, 0.1) is 6.54 Å². The normalized spacial score (nSPS) is 16.8. The number of nitrogens with zero attached hydrogens (tertiary/aromatic N) is 5. The molecule has 106 valence electrons. The molecule has 2 heterocycles. The van der Waals surface area contributed by atoms with E-state index in [1.807, 2.05) is 19.0 Å². The molecule has 7 heteroatoms. The lowest BCUT2D eigenvalue weighted by Gasteiger charge is -2.31. The largest absolute Gasteiger partial charge is 0.368 e. The maximum atomic E-state index is 5.73. The van der Waals surface area contributed by atoms with Crippen molar-refractivity contribution in [3.63, 3.8) is 0 Å². The monoisotopic (exact) mass is 265 g/mol. The summed E-state index contributed by atoms with van der Waals surface area (Å²) >= 11 is 0. The summed E-state index contributed by atoms with van der Waals surface area (Å²) in [5, 5.41) is 3.37. The molecular weight excluding hydrogens is 242 g/mol. The van der Waals surface area contributed by atoms with Gasteiger partial charge < -0.3 is 16.0 Å². The van der Waals surface area contributed by atoms with E-state index in [1.54, 1.807) is 0 Å². The van der Waals surface area contributed by atoms with Gasteiger partial charge in [-0.1, -0.05) is 0 Å². The van der Waals surface area contributed by atoms with Crippen LogP contribution in [0.1, 0.15) is 18.7 Å². The number of nitrogens with one attached hydrogen (secondary N) is 1. The number of nitrogens with two attached hydrogens (primary N) is 1. The molecule has 3 N–H and O–H groups in total. The standard InChI is InChI=1S/C12H23N7/c1-18(2)12-16-10(15-11(13)17-12)8-19(3)9-4-6-14-7-5-9/h9,14H,4-8H2,1-3H3,(H2,13,15,16,17). The number of anilines is 2. The third-order valence-electron chi connectivity index (χ3n) is 3.41. The molecule has 0 atom stereocenters. The minimum absolute atomic E-state index is 0.285. The van der Waals surface area contributed by atoms with E-state index in [9.17, 15) is 0 Å². The summed E-state index contributed by atoms with van der Waals surface area (Å²) in [6.07, 6.45) is 2.33. The van der Waals surface area contributed by atoms with Crippen molar-refractivity contribution in [2.24, 2.45) is 0 Å². The van der Waals surface area contributed by atoms with Gasteiger partial charge in [-0.3, -0.25) is 4.90 Å². The number of hydrogen-bond donors (Lipinski definition) is 2. The van der Waals surface area contributed by atoms with Gasteiger partial charge in [0.1, 0.15) is 5.82 Å². The molecule has 1 aliphatic rings. The molecule has 0 spiro atoms. The van der Waals surface area contributed by atoms with Crippen LogP contribution in [-0.2, 0) is 6.54 Å². The maximum absolute atomic E-state index is 5.73. The van der Waals surface area contributed by atoms with E-state index in [-0.39, 0.29) is 5.95 Å². The minimum atomic E-state index is 0.285. The molecule has 7 nitrogen and oxygen atoms in total. The van der Waals surface area contributed by atoms with Gasteiger partial charge >= 0.3 is 0 Å². The topological polar surface area (TPSA) is 83.2 Å². The molecule has 1 aromatic heterocycles. The van der Waals surface area contributed by atoms with Gasteiger partial charge in [-0.05, 0) is 33.0 Å². The molecule has 0 aromatic carbocycles. The lowest BCUT2D eigenvalue weighted by Crippen LogP contribution is -2.41. The maximum Gasteiger partial charge on any atom is 0.229 e. The van der Waals surface area contributed by atoms with Crippen molar-refractivity contribution in [3.05, 3.63) is 5.82 Å². The van der Waals surface area contributed by atoms with Crippen LogP contribution in [0.2, 0.25) is 0 Å². The zero-order valence-electron chi connectivity index (χ0n) is 11.9. The highest BCUT2D eigenvalue weighted by atomic mass is 15.3. The summed E-state index contributed by atoms with van der Waals surface area (Å²) in [6, 6.07) is 0.585. The fourth-order valence-corrected chi connectivity index (χ4v) is 2.30. The first-order valence-electron chi connectivity index (χ1n) is 6.65. The molecule has 0 radical (unpaired) electrons. The number of aromatic nitrogens is 3. The first kappa shape index (κ1) is 14.0. The highest BCUT2D eigenvalue weighted by Crippen LogP contribution is 2.13. The first-order valence-corrected chi connectivity index (χ1v) is 6.65. The van der Waals surface area contributed by atoms with Gasteiger partial charge in [0.2, 0.25) is 11.9 Å². The Morgan fingerprint density at radius 3 is 2.47 bits per heavy atom. The average molecular weight is 265 g/mol. The summed E-state index contributed by atoms with van der Waals surface area (Å²) < 4.78 is 0. The first-order chi connectivity index (χ1) is 9.06. The smallest absolute Gasteiger partial charge is 0.229 e. The van der Waals surface area contributed by atoms with Crippen molar-refractivity contribution < 1.29 is 0 Å². The molecule has 1 fully saturated rings. The predicted octanol–water partition coefficient (Wildman–Crippen LogP) is -0.296. The van der Waals surface area contributed by atoms with Crippen LogP contribution in [0.5, 0.6) is 0 Å². The molecule has 0 bridgehead atoms. The molecule has 1 saturated heterocycles. The molecule has 1 aromatic rings. The lowest BCUT2D eigenvalue weighted by atomic mass is 10.1. The SMILES string of the molecule is CN(C)c1nc(N)nc(CN(C)C2CCNCC2)n1. The quantitative estimate of drug-likeness (QED) is 0.773. The minimum Gasteiger partial charge on any atom is -0.368 e. The van der Waals surface area contributed by atoms with Gasteiger partial charge in [0.15, 0.2) is 0 Å². The van der Waals surface area contributed by atoms with Crippen LogP contribution in [0.3, 0.4) is 0 Å². The number of piperidine rings is 1. The van der Waals surface area contributed by atoms with Crippen LogP contribution in [0.4, 0.5) is 11.9 Å². The second-order valence-corrected chi connectivity index (χ2v) is 5.20. The van der Waals surface area contributed by atoms with Crippen molar-refractivity contribution in [3.8, 4) is 0 Å². The number of hydrogen-bond acceptors (Lipinski definition) is 7. The third kappa shape index (κ3) is 3.74. The Hall–Kier alpha value is -1.47. The third-order valence-corrected chi connectivity index (χ3v) is 3.41. The van der Waals surface area contributed by atoms with Crippen molar-refractivity contribution in [2.75, 3.05) is 44.9 Å². The Labute approximate surface area is 114 Å². The zero-order chi connectivity index (χ0) is 13.8. The van der Waals surface area contributed by atoms with E-state index in [1.165, 1.54) is 0 Å². The van der Waals surface area contributed by atoms with Gasteiger partial charge in [0.25, 0.3) is 0 Å². The van der Waals surface area contributed by atoms with Crippen LogP contribution in [-0.4, -0.2) is 60.1 Å². The van der Waals surface area contributed by atoms with Crippen molar-refractivity contribution in [1.29, 1.82) is 0 Å². The Bertz CT molecular complexity index is 415. The van der Waals surface area contributed by atoms with Crippen molar-refractivity contribution in [1.82, 2.24) is 25.2 Å². The molecule has 19 heavy (non-hydrogen) atoms. The van der Waals surface area contributed by atoms with Crippen molar-refractivity contribution >= 4 is 11.9 Å². The van der Waals surface area contributed by atoms with Crippen LogP contribution >= 0.6 is 0 Å². The fourth-order valence-electron chi connectivity index (χ4n) is 2.30. The van der Waals surface area contributed by atoms with E-state index in [0.29, 0.717) is 18.5 Å². The Kier molecular flexibility index (Phi) is 4.49. The van der Waals surface area contributed by atoms with Gasteiger partial charge in [-0.15, -0.1) is 0 Å². The Balaban J connectivity index is 2.05. The molecule has 1 aliphatic heterocycles. The molecular formula is C12H23N7. The Morgan fingerprint density at radius 2 is 1.84 bits per heavy atom. The summed E-state index contributed by atoms with van der Waals surface area (Å²) in [6.45, 7) is 2.87. The predicted molar refractivity (Wildman–Crippen MR) is 75.9 cm³/mol. The second kappa shape index (κ2) is 6.12. The van der Waals surface area contributed by atoms with Crippen molar-refractivity contribution in [2.45, 2.75) is 25.4 Å². The van der Waals surface area contributed by atoms with E-state index in [4.69, 9.17) is 5.73 Å². The fraction of sp³-hybridized carbons (Fsp3) is 0.750.